The van der Waals surface area contributed by atoms with Crippen LogP contribution >= 0.6 is 80.9 Å². The van der Waals surface area contributed by atoms with Crippen LogP contribution in [0.1, 0.15) is 15.3 Å². The number of nitrogens with one attached hydrogen (secondary N) is 1. The van der Waals surface area contributed by atoms with Crippen molar-refractivity contribution in [3.63, 3.8) is 0 Å². The van der Waals surface area contributed by atoms with Gasteiger partial charge in [-0.1, -0.05) is 11.6 Å². The Morgan fingerprint density at radius 1 is 0.714 bits per heavy atom. The van der Waals surface area contributed by atoms with E-state index in [-0.39, 0.29) is 121 Å². The van der Waals surface area contributed by atoms with E-state index in [4.69, 9.17) is 60.1 Å². The topological polar surface area (TPSA) is 243 Å². The molecule has 0 fully saturated rings. The molecule has 2 aromatic carbocycles. The molecule has 6 aromatic rings. The minimum atomic E-state index is -2.62. The van der Waals surface area contributed by atoms with Crippen molar-refractivity contribution in [2.75, 3.05) is 50.9 Å². The van der Waals surface area contributed by atoms with Crippen molar-refractivity contribution in [2.45, 2.75) is 13.8 Å². The molecule has 0 aliphatic carbocycles. The molecule has 0 radical (unpaired) electrons. The van der Waals surface area contributed by atoms with E-state index in [9.17, 15) is 9.13 Å². The van der Waals surface area contributed by atoms with Crippen LogP contribution in [0.5, 0.6) is 11.5 Å². The van der Waals surface area contributed by atoms with Crippen LogP contribution in [0.2, 0.25) is 15.7 Å². The molecule has 4 aromatic heterocycles. The van der Waals surface area contributed by atoms with E-state index >= 15 is 0 Å². The fourth-order valence-corrected chi connectivity index (χ4v) is 7.90. The molecule has 17 nitrogen and oxygen atoms in total. The Kier molecular flexibility index (Phi) is 28.2. The van der Waals surface area contributed by atoms with Gasteiger partial charge in [-0.15, -0.1) is 0 Å². The molecule has 0 aliphatic heterocycles. The molecule has 0 spiro atoms. The molecule has 3 N–H and O–H groups in total. The molecule has 6 rings (SSSR count). The smallest absolute Gasteiger partial charge is 1.00 e. The maximum absolute atomic E-state index is 12.9. The number of carbonyl (C=O) groups is 1. The Morgan fingerprint density at radius 3 is 1.56 bits per heavy atom. The Balaban J connectivity index is 0.000000960. The van der Waals surface area contributed by atoms with E-state index in [1.54, 1.807) is 69.8 Å². The summed E-state index contributed by atoms with van der Waals surface area (Å²) in [5, 5.41) is 13.5. The summed E-state index contributed by atoms with van der Waals surface area (Å²) in [6, 6.07) is 10.9. The van der Waals surface area contributed by atoms with E-state index in [1.165, 1.54) is 6.20 Å². The number of anilines is 3. The molecule has 0 saturated carbocycles. The third-order valence-corrected chi connectivity index (χ3v) is 12.4. The summed E-state index contributed by atoms with van der Waals surface area (Å²) >= 11 is 23.3. The fourth-order valence-electron chi connectivity index (χ4n) is 4.67. The fraction of sp³-hybridized carbons (Fsp3) is 0.216. The molecule has 0 bridgehead atoms. The molecule has 0 atom stereocenters. The molecule has 0 aliphatic rings. The number of nitrogens with two attached hydrogens (primary N) is 1. The van der Waals surface area contributed by atoms with E-state index in [0.717, 1.165) is 11.1 Å². The van der Waals surface area contributed by atoms with E-state index in [0.29, 0.717) is 78.3 Å². The summed E-state index contributed by atoms with van der Waals surface area (Å²) in [6.45, 7) is 11.5. The van der Waals surface area contributed by atoms with Crippen molar-refractivity contribution in [1.82, 2.24) is 39.9 Å². The average Bonchev–Trinajstić information content (AvgIpc) is 3.22. The number of nitrogens with zero attached hydrogens (tertiary/aromatic N) is 8. The summed E-state index contributed by atoms with van der Waals surface area (Å²) in [6.07, 6.45) is 9.54. The number of hydrogen-bond donors (Lipinski definition) is 2. The van der Waals surface area contributed by atoms with Gasteiger partial charge in [0.15, 0.2) is 23.1 Å². The van der Waals surface area contributed by atoms with Crippen LogP contribution in [-0.4, -0.2) is 86.2 Å². The first-order valence-electron chi connectivity index (χ1n) is 17.4. The monoisotopic (exact) mass is 1140 g/mol. The second-order valence-corrected chi connectivity index (χ2v) is 21.6. The zero-order valence-electron chi connectivity index (χ0n) is 36.2. The van der Waals surface area contributed by atoms with E-state index < -0.39 is 14.3 Å². The minimum absolute atomic E-state index is 0. The van der Waals surface area contributed by atoms with Gasteiger partial charge in [0.2, 0.25) is 10.6 Å². The van der Waals surface area contributed by atoms with Crippen LogP contribution in [0.15, 0.2) is 82.5 Å². The normalized spacial score (nSPS) is 10.3. The van der Waals surface area contributed by atoms with Gasteiger partial charge in [0.1, 0.15) is 25.3 Å². The number of carbonyl (C=O) groups excluding carboxylic acids is 1. The largest absolute Gasteiger partial charge is 1.00 e. The first-order valence-corrected chi connectivity index (χ1v) is 25.3. The van der Waals surface area contributed by atoms with E-state index in [1.807, 2.05) is 38.1 Å². The quantitative estimate of drug-likeness (QED) is 0.0276. The standard InChI is InChI=1S/C18H18BrClN5O2P.C14H18N3O2P.C4HBrCl2N2.CH2O3.2K.H/c1-4-27-12-8-21-16(22-9-12)11-5-6-14(15(7-11)28(2,3)26)24-17-13(19)10-23-18(20)25-17;1-4-19-11-8-16-14(17-9-11)10-5-6-12(15)13(7-10)20(2,3)18;5-2-1-8-4(7)9-3(2)6;2-1-4-3;;;/h5-10H,4H2,1-3H3,(H,23,24,25);5-9H,4,15H2,1-3H3;1H;1,3H;;;/q;;;;2*+1;-1/p-1. The van der Waals surface area contributed by atoms with Crippen LogP contribution in [0.3, 0.4) is 0 Å². The molecule has 326 valence electrons. The van der Waals surface area contributed by atoms with Gasteiger partial charge in [-0.05, 0) is 132 Å². The Morgan fingerprint density at radius 2 is 1.14 bits per heavy atom. The van der Waals surface area contributed by atoms with Crippen molar-refractivity contribution in [3.8, 4) is 34.3 Å². The number of aromatic nitrogens is 8. The van der Waals surface area contributed by atoms with Crippen molar-refractivity contribution < 1.29 is 138 Å². The number of benzene rings is 2. The Labute approximate surface area is 482 Å². The number of halogens is 5. The first kappa shape index (κ1) is 60.0. The first-order chi connectivity index (χ1) is 28.8. The average molecular weight is 1140 g/mol. The minimum Gasteiger partial charge on any atom is -1.00 e. The number of ether oxygens (including phenoxy) is 2. The van der Waals surface area contributed by atoms with Gasteiger partial charge >= 0.3 is 103 Å². The summed E-state index contributed by atoms with van der Waals surface area (Å²) in [5.74, 6) is 2.80. The van der Waals surface area contributed by atoms with Crippen molar-refractivity contribution in [3.05, 3.63) is 98.2 Å². The molecule has 63 heavy (non-hydrogen) atoms. The second kappa shape index (κ2) is 29.7. The van der Waals surface area contributed by atoms with Gasteiger partial charge in [0.25, 0.3) is 6.47 Å². The SMILES string of the molecule is CCOc1cnc(-c2ccc(N)c(P(C)(C)=O)c2)nc1.CCOc1cnc(-c2ccc(Nc3nc(Cl)ncc3Br)c(P(C)(C)=O)c2)nc1.Clc1ncc(Br)c(Cl)n1.O=CO[O-].[H-].[K+].[K+]. The van der Waals surface area contributed by atoms with Gasteiger partial charge in [-0.3, -0.25) is 4.79 Å². The summed E-state index contributed by atoms with van der Waals surface area (Å²) in [4.78, 5) is 43.8. The Bertz CT molecular complexity index is 2510. The summed E-state index contributed by atoms with van der Waals surface area (Å²) < 4.78 is 37.1. The van der Waals surface area contributed by atoms with Crippen LogP contribution in [0.4, 0.5) is 17.2 Å². The number of hydrogen-bond acceptors (Lipinski definition) is 17. The third kappa shape index (κ3) is 20.4. The third-order valence-electron chi connectivity index (χ3n) is 7.26. The van der Waals surface area contributed by atoms with Crippen molar-refractivity contribution >= 4 is 115 Å². The maximum Gasteiger partial charge on any atom is 1.00 e. The molecule has 4 heterocycles. The molecular formula is C37H39Br2Cl3K2N10O7P2. The van der Waals surface area contributed by atoms with Crippen LogP contribution < -0.4 is 139 Å². The van der Waals surface area contributed by atoms with Crippen molar-refractivity contribution in [2.24, 2.45) is 0 Å². The molecule has 26 heteroatoms. The van der Waals surface area contributed by atoms with Crippen LogP contribution in [0.25, 0.3) is 22.8 Å². The maximum atomic E-state index is 12.9. The molecule has 0 saturated heterocycles. The molecular weight excluding hydrogens is 1100 g/mol. The summed E-state index contributed by atoms with van der Waals surface area (Å²) in [7, 11) is -5.05. The predicted octanol–water partition coefficient (Wildman–Crippen LogP) is 2.21. The Hall–Kier alpha value is -1.05. The zero-order valence-corrected chi connectivity index (χ0v) is 48.7. The van der Waals surface area contributed by atoms with E-state index in [2.05, 4.69) is 81.9 Å². The number of nitrogen functional groups attached to an aromatic ring is 1. The van der Waals surface area contributed by atoms with Gasteiger partial charge in [0, 0.05) is 39.8 Å². The van der Waals surface area contributed by atoms with Gasteiger partial charge in [0.05, 0.1) is 52.6 Å². The predicted molar refractivity (Wildman–Crippen MR) is 246 cm³/mol. The molecule has 0 amide bonds. The number of rotatable bonds is 11. The van der Waals surface area contributed by atoms with Crippen LogP contribution in [0, 0.1) is 0 Å². The van der Waals surface area contributed by atoms with Gasteiger partial charge < -0.3 is 41.2 Å². The second-order valence-electron chi connectivity index (χ2n) is 12.5. The van der Waals surface area contributed by atoms with Crippen LogP contribution in [-0.2, 0) is 18.8 Å². The van der Waals surface area contributed by atoms with Gasteiger partial charge in [-0.25, -0.2) is 34.9 Å². The van der Waals surface area contributed by atoms with Gasteiger partial charge in [-0.2, -0.15) is 4.98 Å². The van der Waals surface area contributed by atoms with Crippen molar-refractivity contribution in [1.29, 1.82) is 0 Å². The summed E-state index contributed by atoms with van der Waals surface area (Å²) in [5.41, 5.74) is 8.63. The zero-order chi connectivity index (χ0) is 45.3. The molecule has 0 unspecified atom stereocenters.